The molecule has 2 saturated heterocycles. The van der Waals surface area contributed by atoms with Crippen LogP contribution in [0.3, 0.4) is 0 Å². The molecule has 0 saturated carbocycles. The molecule has 0 aromatic rings. The van der Waals surface area contributed by atoms with Gasteiger partial charge in [-0.15, -0.1) is 0 Å². The van der Waals surface area contributed by atoms with Crippen molar-refractivity contribution in [2.75, 3.05) is 13.1 Å². The van der Waals surface area contributed by atoms with Gasteiger partial charge >= 0.3 is 0 Å². The van der Waals surface area contributed by atoms with Crippen LogP contribution >= 0.6 is 0 Å². The Morgan fingerprint density at radius 1 is 1.31 bits per heavy atom. The van der Waals surface area contributed by atoms with Crippen molar-refractivity contribution in [2.24, 2.45) is 5.92 Å². The van der Waals surface area contributed by atoms with Crippen molar-refractivity contribution in [3.05, 3.63) is 0 Å². The Balaban J connectivity index is 1.86. The second-order valence-corrected chi connectivity index (χ2v) is 6.13. The van der Waals surface area contributed by atoms with E-state index in [1.165, 1.54) is 45.2 Å². The molecule has 0 bridgehead atoms. The van der Waals surface area contributed by atoms with Crippen LogP contribution in [0.15, 0.2) is 0 Å². The molecule has 2 nitrogen and oxygen atoms in total. The van der Waals surface area contributed by atoms with E-state index in [1.807, 2.05) is 0 Å². The highest BCUT2D eigenvalue weighted by atomic mass is 15.2. The zero-order valence-corrected chi connectivity index (χ0v) is 11.2. The van der Waals surface area contributed by atoms with Gasteiger partial charge in [-0.2, -0.15) is 0 Å². The predicted octanol–water partition coefficient (Wildman–Crippen LogP) is 2.64. The molecule has 3 unspecified atom stereocenters. The van der Waals surface area contributed by atoms with Crippen LogP contribution in [-0.2, 0) is 0 Å². The zero-order valence-electron chi connectivity index (χ0n) is 11.2. The average molecular weight is 224 g/mol. The largest absolute Gasteiger partial charge is 0.314 e. The minimum absolute atomic E-state index is 0.733. The first-order valence-electron chi connectivity index (χ1n) is 7.16. The van der Waals surface area contributed by atoms with Crippen molar-refractivity contribution in [1.82, 2.24) is 10.2 Å². The molecular formula is C14H28N2. The van der Waals surface area contributed by atoms with Crippen molar-refractivity contribution >= 4 is 0 Å². The average Bonchev–Trinajstić information content (AvgIpc) is 2.64. The van der Waals surface area contributed by atoms with Gasteiger partial charge in [0.25, 0.3) is 0 Å². The highest BCUT2D eigenvalue weighted by molar-refractivity contribution is 4.86. The Labute approximate surface area is 101 Å². The van der Waals surface area contributed by atoms with Gasteiger partial charge in [-0.1, -0.05) is 6.42 Å². The van der Waals surface area contributed by atoms with E-state index in [9.17, 15) is 0 Å². The highest BCUT2D eigenvalue weighted by Crippen LogP contribution is 2.28. The van der Waals surface area contributed by atoms with E-state index in [4.69, 9.17) is 0 Å². The number of piperidine rings is 1. The molecule has 3 atom stereocenters. The normalized spacial score (nSPS) is 37.1. The van der Waals surface area contributed by atoms with Crippen LogP contribution in [0.1, 0.15) is 52.9 Å². The van der Waals surface area contributed by atoms with Crippen LogP contribution in [-0.4, -0.2) is 36.1 Å². The molecule has 1 N–H and O–H groups in total. The van der Waals surface area contributed by atoms with Gasteiger partial charge in [-0.3, -0.25) is 4.90 Å². The van der Waals surface area contributed by atoms with Crippen LogP contribution in [0.5, 0.6) is 0 Å². The van der Waals surface area contributed by atoms with Crippen molar-refractivity contribution in [3.63, 3.8) is 0 Å². The van der Waals surface area contributed by atoms with Gasteiger partial charge in [-0.25, -0.2) is 0 Å². The summed E-state index contributed by atoms with van der Waals surface area (Å²) >= 11 is 0. The summed E-state index contributed by atoms with van der Waals surface area (Å²) in [6.07, 6.45) is 7.11. The lowest BCUT2D eigenvalue weighted by molar-refractivity contribution is 0.0945. The van der Waals surface area contributed by atoms with Gasteiger partial charge in [0.05, 0.1) is 0 Å². The number of hydrogen-bond acceptors (Lipinski definition) is 2. The number of rotatable bonds is 3. The van der Waals surface area contributed by atoms with E-state index in [-0.39, 0.29) is 0 Å². The van der Waals surface area contributed by atoms with E-state index in [0.29, 0.717) is 0 Å². The molecule has 0 spiro atoms. The third-order valence-electron chi connectivity index (χ3n) is 4.38. The molecule has 2 aliphatic rings. The first kappa shape index (κ1) is 12.4. The molecule has 2 heterocycles. The van der Waals surface area contributed by atoms with Crippen molar-refractivity contribution in [3.8, 4) is 0 Å². The first-order chi connectivity index (χ1) is 7.66. The van der Waals surface area contributed by atoms with E-state index >= 15 is 0 Å². The second kappa shape index (κ2) is 5.50. The lowest BCUT2D eigenvalue weighted by Gasteiger charge is -2.39. The first-order valence-corrected chi connectivity index (χ1v) is 7.16. The van der Waals surface area contributed by atoms with Crippen LogP contribution in [0.2, 0.25) is 0 Å². The maximum absolute atomic E-state index is 3.58. The molecule has 0 aliphatic carbocycles. The molecule has 0 amide bonds. The van der Waals surface area contributed by atoms with Crippen LogP contribution < -0.4 is 5.32 Å². The third-order valence-corrected chi connectivity index (χ3v) is 4.38. The fraction of sp³-hybridized carbons (Fsp3) is 1.00. The van der Waals surface area contributed by atoms with Gasteiger partial charge < -0.3 is 5.32 Å². The van der Waals surface area contributed by atoms with Gasteiger partial charge in [0, 0.05) is 18.1 Å². The van der Waals surface area contributed by atoms with E-state index in [2.05, 4.69) is 31.0 Å². The number of hydrogen-bond donors (Lipinski definition) is 1. The van der Waals surface area contributed by atoms with Gasteiger partial charge in [0.1, 0.15) is 0 Å². The van der Waals surface area contributed by atoms with Gasteiger partial charge in [0.15, 0.2) is 0 Å². The van der Waals surface area contributed by atoms with Crippen molar-refractivity contribution < 1.29 is 0 Å². The maximum Gasteiger partial charge on any atom is 0.0101 e. The molecule has 0 radical (unpaired) electrons. The summed E-state index contributed by atoms with van der Waals surface area (Å²) < 4.78 is 0. The Kier molecular flexibility index (Phi) is 4.26. The van der Waals surface area contributed by atoms with Crippen molar-refractivity contribution in [1.29, 1.82) is 0 Å². The lowest BCUT2D eigenvalue weighted by Crippen LogP contribution is -2.44. The van der Waals surface area contributed by atoms with E-state index in [1.54, 1.807) is 0 Å². The Bertz CT molecular complexity index is 215. The Hall–Kier alpha value is -0.0800. The van der Waals surface area contributed by atoms with E-state index < -0.39 is 0 Å². The summed E-state index contributed by atoms with van der Waals surface area (Å²) in [5.41, 5.74) is 0. The standard InChI is InChI=1S/C14H28N2/c1-11(2)16-7-5-4-6-14(16)9-13-8-12(3)15-10-13/h11-15H,4-10H2,1-3H3. The monoisotopic (exact) mass is 224 g/mol. The third kappa shape index (κ3) is 2.98. The summed E-state index contributed by atoms with van der Waals surface area (Å²) in [7, 11) is 0. The molecule has 94 valence electrons. The molecule has 16 heavy (non-hydrogen) atoms. The molecule has 2 aliphatic heterocycles. The topological polar surface area (TPSA) is 15.3 Å². The van der Waals surface area contributed by atoms with Gasteiger partial charge in [-0.05, 0) is 65.5 Å². The lowest BCUT2D eigenvalue weighted by atomic mass is 9.90. The number of nitrogens with one attached hydrogen (secondary N) is 1. The summed E-state index contributed by atoms with van der Waals surface area (Å²) in [6, 6.07) is 2.35. The number of nitrogens with zero attached hydrogens (tertiary/aromatic N) is 1. The summed E-state index contributed by atoms with van der Waals surface area (Å²) in [4.78, 5) is 2.74. The minimum Gasteiger partial charge on any atom is -0.314 e. The van der Waals surface area contributed by atoms with E-state index in [0.717, 1.165) is 24.0 Å². The fourth-order valence-electron chi connectivity index (χ4n) is 3.55. The summed E-state index contributed by atoms with van der Waals surface area (Å²) in [6.45, 7) is 9.62. The number of likely N-dealkylation sites (tertiary alicyclic amines) is 1. The van der Waals surface area contributed by atoms with Crippen molar-refractivity contribution in [2.45, 2.75) is 71.0 Å². The predicted molar refractivity (Wildman–Crippen MR) is 69.7 cm³/mol. The molecule has 0 aromatic carbocycles. The van der Waals surface area contributed by atoms with Gasteiger partial charge in [0.2, 0.25) is 0 Å². The molecule has 2 fully saturated rings. The van der Waals surface area contributed by atoms with Crippen LogP contribution in [0.4, 0.5) is 0 Å². The SMILES string of the molecule is CC1CC(CC2CCCCN2C(C)C)CN1. The smallest absolute Gasteiger partial charge is 0.0101 e. The highest BCUT2D eigenvalue weighted by Gasteiger charge is 2.29. The fourth-order valence-corrected chi connectivity index (χ4v) is 3.55. The molecule has 2 heteroatoms. The quantitative estimate of drug-likeness (QED) is 0.793. The molecule has 0 aromatic heterocycles. The molecule has 2 rings (SSSR count). The Morgan fingerprint density at radius 3 is 2.75 bits per heavy atom. The van der Waals surface area contributed by atoms with Crippen LogP contribution in [0.25, 0.3) is 0 Å². The minimum atomic E-state index is 0.733. The second-order valence-electron chi connectivity index (χ2n) is 6.13. The summed E-state index contributed by atoms with van der Waals surface area (Å²) in [5.74, 6) is 0.930. The maximum atomic E-state index is 3.58. The summed E-state index contributed by atoms with van der Waals surface area (Å²) in [5, 5.41) is 3.58. The zero-order chi connectivity index (χ0) is 11.5. The molecular weight excluding hydrogens is 196 g/mol. The van der Waals surface area contributed by atoms with Crippen LogP contribution in [0, 0.1) is 5.92 Å². The Morgan fingerprint density at radius 2 is 2.12 bits per heavy atom.